The van der Waals surface area contributed by atoms with Crippen LogP contribution in [0.25, 0.3) is 0 Å². The lowest BCUT2D eigenvalue weighted by molar-refractivity contribution is -0.155. The second kappa shape index (κ2) is 3.81. The van der Waals surface area contributed by atoms with E-state index in [0.717, 1.165) is 0 Å². The number of ketones is 1. The van der Waals surface area contributed by atoms with Crippen LogP contribution in [-0.2, 0) is 14.3 Å². The van der Waals surface area contributed by atoms with Gasteiger partial charge in [0.1, 0.15) is 0 Å². The van der Waals surface area contributed by atoms with E-state index in [2.05, 4.69) is 6.58 Å². The molecule has 0 aliphatic heterocycles. The van der Waals surface area contributed by atoms with Gasteiger partial charge in [-0.15, -0.1) is 0 Å². The number of esters is 1. The lowest BCUT2D eigenvalue weighted by Gasteiger charge is -2.46. The molecule has 1 rings (SSSR count). The maximum atomic E-state index is 11.2. The van der Waals surface area contributed by atoms with Crippen LogP contribution in [0, 0.1) is 0 Å². The normalized spacial score (nSPS) is 23.1. The highest BCUT2D eigenvalue weighted by atomic mass is 35.5. The monoisotopic (exact) mass is 290 g/mol. The van der Waals surface area contributed by atoms with Gasteiger partial charge in [-0.2, -0.15) is 0 Å². The van der Waals surface area contributed by atoms with Gasteiger partial charge in [0.2, 0.25) is 14.4 Å². The largest absolute Gasteiger partial charge is 0.452 e. The quantitative estimate of drug-likeness (QED) is 0.446. The molecule has 0 N–H and O–H groups in total. The Morgan fingerprint density at radius 2 is 1.73 bits per heavy atom. The molecule has 0 atom stereocenters. The van der Waals surface area contributed by atoms with Gasteiger partial charge in [0.05, 0.1) is 0 Å². The molecular weight excluding hydrogens is 286 g/mol. The van der Waals surface area contributed by atoms with E-state index in [1.807, 2.05) is 0 Å². The SMILES string of the molecule is C=C(C)C(=O)OC1C(Cl)(Cl)C(=O)C1(Cl)Cl. The molecule has 3 nitrogen and oxygen atoms in total. The van der Waals surface area contributed by atoms with Crippen LogP contribution in [0.3, 0.4) is 0 Å². The van der Waals surface area contributed by atoms with E-state index >= 15 is 0 Å². The molecule has 0 aromatic rings. The van der Waals surface area contributed by atoms with Gasteiger partial charge in [-0.25, -0.2) is 4.79 Å². The first-order valence-electron chi connectivity index (χ1n) is 3.78. The first-order valence-corrected chi connectivity index (χ1v) is 5.30. The standard InChI is InChI=1S/C8H6Cl4O3/c1-3(2)4(13)15-6-7(9,10)5(14)8(6,11)12/h6H,1H2,2H3. The highest BCUT2D eigenvalue weighted by Crippen LogP contribution is 2.54. The van der Waals surface area contributed by atoms with Crippen molar-refractivity contribution in [1.29, 1.82) is 0 Å². The fraction of sp³-hybridized carbons (Fsp3) is 0.500. The molecule has 0 radical (unpaired) electrons. The van der Waals surface area contributed by atoms with Gasteiger partial charge >= 0.3 is 5.97 Å². The van der Waals surface area contributed by atoms with Gasteiger partial charge in [0, 0.05) is 5.57 Å². The van der Waals surface area contributed by atoms with Crippen molar-refractivity contribution < 1.29 is 14.3 Å². The third-order valence-electron chi connectivity index (χ3n) is 1.84. The molecule has 1 aliphatic rings. The lowest BCUT2D eigenvalue weighted by atomic mass is 9.90. The maximum absolute atomic E-state index is 11.2. The summed E-state index contributed by atoms with van der Waals surface area (Å²) in [4.78, 5) is 22.4. The summed E-state index contributed by atoms with van der Waals surface area (Å²) in [6.07, 6.45) is -1.30. The highest BCUT2D eigenvalue weighted by molar-refractivity contribution is 6.74. The number of Topliss-reactive ketones (excluding diaryl/α,β-unsaturated/α-hetero) is 1. The van der Waals surface area contributed by atoms with Crippen molar-refractivity contribution in [1.82, 2.24) is 0 Å². The summed E-state index contributed by atoms with van der Waals surface area (Å²) in [6.45, 7) is 4.78. The molecule has 0 heterocycles. The van der Waals surface area contributed by atoms with Gasteiger partial charge in [-0.3, -0.25) is 4.79 Å². The molecule has 15 heavy (non-hydrogen) atoms. The van der Waals surface area contributed by atoms with Crippen molar-refractivity contribution in [2.45, 2.75) is 21.7 Å². The average Bonchev–Trinajstić information content (AvgIpc) is 2.11. The summed E-state index contributed by atoms with van der Waals surface area (Å²) in [5.41, 5.74) is 0.127. The van der Waals surface area contributed by atoms with E-state index < -0.39 is 26.5 Å². The number of carbonyl (C=O) groups excluding carboxylic acids is 2. The summed E-state index contributed by atoms with van der Waals surface area (Å²) in [5, 5.41) is 0. The third-order valence-corrected chi connectivity index (χ3v) is 3.32. The Kier molecular flexibility index (Phi) is 3.33. The average molecular weight is 292 g/mol. The van der Waals surface area contributed by atoms with Crippen molar-refractivity contribution >= 4 is 58.2 Å². The first-order chi connectivity index (χ1) is 6.61. The second-order valence-electron chi connectivity index (χ2n) is 3.14. The van der Waals surface area contributed by atoms with Crippen LogP contribution >= 0.6 is 46.4 Å². The van der Waals surface area contributed by atoms with Gasteiger partial charge in [-0.1, -0.05) is 53.0 Å². The topological polar surface area (TPSA) is 43.4 Å². The van der Waals surface area contributed by atoms with Crippen LogP contribution in [0.2, 0.25) is 0 Å². The van der Waals surface area contributed by atoms with Crippen molar-refractivity contribution in [2.75, 3.05) is 0 Å². The number of alkyl halides is 4. The summed E-state index contributed by atoms with van der Waals surface area (Å²) in [6, 6.07) is 0. The number of carbonyl (C=O) groups is 2. The molecule has 0 spiro atoms. The second-order valence-corrected chi connectivity index (χ2v) is 5.91. The zero-order valence-electron chi connectivity index (χ0n) is 7.52. The summed E-state index contributed by atoms with van der Waals surface area (Å²) >= 11 is 22.4. The Hall–Kier alpha value is 0.0400. The summed E-state index contributed by atoms with van der Waals surface area (Å²) in [7, 11) is 0. The van der Waals surface area contributed by atoms with E-state index in [0.29, 0.717) is 0 Å². The zero-order valence-corrected chi connectivity index (χ0v) is 10.5. The molecule has 1 fully saturated rings. The minimum absolute atomic E-state index is 0.127. The Bertz CT molecular complexity index is 330. The molecule has 7 heteroatoms. The lowest BCUT2D eigenvalue weighted by Crippen LogP contribution is -2.69. The number of halogens is 4. The van der Waals surface area contributed by atoms with E-state index in [9.17, 15) is 9.59 Å². The van der Waals surface area contributed by atoms with Crippen molar-refractivity contribution in [2.24, 2.45) is 0 Å². The molecular formula is C8H6Cl4O3. The van der Waals surface area contributed by atoms with Crippen LogP contribution in [0.4, 0.5) is 0 Å². The van der Waals surface area contributed by atoms with Gasteiger partial charge in [0.15, 0.2) is 6.10 Å². The Morgan fingerprint density at radius 1 is 1.33 bits per heavy atom. The molecule has 1 saturated carbocycles. The van der Waals surface area contributed by atoms with Crippen molar-refractivity contribution in [3.63, 3.8) is 0 Å². The summed E-state index contributed by atoms with van der Waals surface area (Å²) < 4.78 is 0.973. The number of hydrogen-bond donors (Lipinski definition) is 0. The van der Waals surface area contributed by atoms with Crippen LogP contribution in [0.15, 0.2) is 12.2 Å². The fourth-order valence-corrected chi connectivity index (χ4v) is 2.81. The first kappa shape index (κ1) is 13.1. The molecule has 0 aromatic carbocycles. The van der Waals surface area contributed by atoms with Gasteiger partial charge in [-0.05, 0) is 6.92 Å². The Balaban J connectivity index is 2.83. The highest BCUT2D eigenvalue weighted by Gasteiger charge is 2.72. The van der Waals surface area contributed by atoms with E-state index in [1.165, 1.54) is 6.92 Å². The molecule has 0 saturated heterocycles. The predicted octanol–water partition coefficient (Wildman–Crippen LogP) is 2.40. The number of hydrogen-bond acceptors (Lipinski definition) is 3. The Morgan fingerprint density at radius 3 is 2.07 bits per heavy atom. The molecule has 84 valence electrons. The zero-order chi connectivity index (χ0) is 12.0. The minimum atomic E-state index is -1.89. The Labute approximate surface area is 106 Å². The van der Waals surface area contributed by atoms with E-state index in [-0.39, 0.29) is 5.57 Å². The van der Waals surface area contributed by atoms with Crippen LogP contribution < -0.4 is 0 Å². The molecule has 0 unspecified atom stereocenters. The number of ether oxygens (including phenoxy) is 1. The van der Waals surface area contributed by atoms with Crippen LogP contribution in [0.5, 0.6) is 0 Å². The predicted molar refractivity (Wildman–Crippen MR) is 58.6 cm³/mol. The van der Waals surface area contributed by atoms with E-state index in [1.54, 1.807) is 0 Å². The molecule has 0 aromatic heterocycles. The molecule has 0 amide bonds. The van der Waals surface area contributed by atoms with Gasteiger partial charge < -0.3 is 4.74 Å². The third kappa shape index (κ3) is 1.98. The van der Waals surface area contributed by atoms with E-state index in [4.69, 9.17) is 51.1 Å². The van der Waals surface area contributed by atoms with Crippen LogP contribution in [0.1, 0.15) is 6.92 Å². The smallest absolute Gasteiger partial charge is 0.333 e. The number of rotatable bonds is 2. The van der Waals surface area contributed by atoms with Crippen molar-refractivity contribution in [3.05, 3.63) is 12.2 Å². The van der Waals surface area contributed by atoms with Gasteiger partial charge in [0.25, 0.3) is 0 Å². The maximum Gasteiger partial charge on any atom is 0.333 e. The summed E-state index contributed by atoms with van der Waals surface area (Å²) in [5.74, 6) is -1.56. The van der Waals surface area contributed by atoms with Crippen LogP contribution in [-0.4, -0.2) is 26.5 Å². The fourth-order valence-electron chi connectivity index (χ4n) is 0.966. The molecule has 0 bridgehead atoms. The minimum Gasteiger partial charge on any atom is -0.452 e. The molecule has 1 aliphatic carbocycles. The van der Waals surface area contributed by atoms with Crippen molar-refractivity contribution in [3.8, 4) is 0 Å².